The van der Waals surface area contributed by atoms with Crippen LogP contribution in [0, 0.1) is 17.8 Å². The number of methoxy groups -OCH3 is 1. The summed E-state index contributed by atoms with van der Waals surface area (Å²) < 4.78 is 10.8. The van der Waals surface area contributed by atoms with Gasteiger partial charge >= 0.3 is 5.97 Å². The van der Waals surface area contributed by atoms with Gasteiger partial charge in [0.1, 0.15) is 0 Å². The van der Waals surface area contributed by atoms with Gasteiger partial charge in [0.05, 0.1) is 30.5 Å². The third-order valence-corrected chi connectivity index (χ3v) is 7.19. The zero-order valence-electron chi connectivity index (χ0n) is 19.0. The minimum absolute atomic E-state index is 0.0133. The van der Waals surface area contributed by atoms with Crippen molar-refractivity contribution in [3.05, 3.63) is 53.3 Å². The third kappa shape index (κ3) is 3.57. The van der Waals surface area contributed by atoms with Gasteiger partial charge in [-0.3, -0.25) is 4.79 Å². The van der Waals surface area contributed by atoms with Crippen molar-refractivity contribution in [2.75, 3.05) is 32.1 Å². The number of rotatable bonds is 4. The van der Waals surface area contributed by atoms with Crippen molar-refractivity contribution in [3.8, 4) is 0 Å². The molecule has 0 aromatic heterocycles. The third-order valence-electron chi connectivity index (χ3n) is 7.19. The van der Waals surface area contributed by atoms with Gasteiger partial charge in [-0.2, -0.15) is 0 Å². The van der Waals surface area contributed by atoms with Gasteiger partial charge in [0.15, 0.2) is 0 Å². The fourth-order valence-corrected chi connectivity index (χ4v) is 5.55. The lowest BCUT2D eigenvalue weighted by molar-refractivity contribution is -0.138. The van der Waals surface area contributed by atoms with Crippen molar-refractivity contribution in [2.24, 2.45) is 17.8 Å². The number of anilines is 1. The lowest BCUT2D eigenvalue weighted by Gasteiger charge is -2.36. The summed E-state index contributed by atoms with van der Waals surface area (Å²) >= 11 is 0. The molecule has 1 saturated heterocycles. The molecule has 4 rings (SSSR count). The second-order valence-electron chi connectivity index (χ2n) is 9.37. The van der Waals surface area contributed by atoms with Gasteiger partial charge in [0.25, 0.3) is 0 Å². The molecule has 1 amide bonds. The minimum atomic E-state index is -0.586. The highest BCUT2D eigenvalue weighted by Gasteiger charge is 2.56. The molecule has 1 aromatic rings. The molecule has 0 saturated carbocycles. The standard InChI is InChI=1S/C25H32N2O4/c1-15(2)10-18-11-27(12-19-16(3)20(23(28)30-5)13-31-17(19)4)14-25(18)21-8-6-7-9-22(21)26-24(25)29/h6-10,13,16-19H,11-12,14H2,1-5H3,(H,26,29)/t16-,17-,18?,19+,25?/m0/s1. The zero-order chi connectivity index (χ0) is 22.3. The van der Waals surface area contributed by atoms with Crippen LogP contribution in [0.25, 0.3) is 0 Å². The number of esters is 1. The fraction of sp³-hybridized carbons (Fsp3) is 0.520. The molecule has 0 bridgehead atoms. The lowest BCUT2D eigenvalue weighted by Crippen LogP contribution is -2.44. The van der Waals surface area contributed by atoms with Gasteiger partial charge in [-0.1, -0.05) is 36.8 Å². The quantitative estimate of drug-likeness (QED) is 0.592. The zero-order valence-corrected chi connectivity index (χ0v) is 19.0. The monoisotopic (exact) mass is 424 g/mol. The lowest BCUT2D eigenvalue weighted by atomic mass is 9.73. The summed E-state index contributed by atoms with van der Waals surface area (Å²) in [6.45, 7) is 10.5. The normalized spacial score (nSPS) is 32.2. The molecular formula is C25H32N2O4. The van der Waals surface area contributed by atoms with Crippen LogP contribution in [0.2, 0.25) is 0 Å². The smallest absolute Gasteiger partial charge is 0.337 e. The van der Waals surface area contributed by atoms with Crippen LogP contribution in [0.15, 0.2) is 47.7 Å². The van der Waals surface area contributed by atoms with E-state index in [0.29, 0.717) is 12.1 Å². The first-order valence-electron chi connectivity index (χ1n) is 11.0. The molecule has 3 heterocycles. The van der Waals surface area contributed by atoms with Gasteiger partial charge in [-0.05, 0) is 38.3 Å². The summed E-state index contributed by atoms with van der Waals surface area (Å²) in [6, 6.07) is 8.03. The number of benzene rings is 1. The van der Waals surface area contributed by atoms with Crippen LogP contribution in [0.4, 0.5) is 5.69 Å². The summed E-state index contributed by atoms with van der Waals surface area (Å²) in [7, 11) is 1.40. The maximum atomic E-state index is 13.3. The van der Waals surface area contributed by atoms with Crippen molar-refractivity contribution < 1.29 is 19.1 Å². The van der Waals surface area contributed by atoms with Crippen LogP contribution in [0.1, 0.15) is 33.3 Å². The maximum Gasteiger partial charge on any atom is 0.337 e. The largest absolute Gasteiger partial charge is 0.497 e. The Morgan fingerprint density at radius 1 is 1.32 bits per heavy atom. The molecule has 1 fully saturated rings. The van der Waals surface area contributed by atoms with Crippen molar-refractivity contribution in [2.45, 2.75) is 39.2 Å². The van der Waals surface area contributed by atoms with Crippen molar-refractivity contribution in [1.82, 2.24) is 4.90 Å². The Labute approximate surface area is 184 Å². The molecule has 3 aliphatic rings. The Kier molecular flexibility index (Phi) is 5.69. The summed E-state index contributed by atoms with van der Waals surface area (Å²) in [6.07, 6.45) is 3.77. The fourth-order valence-electron chi connectivity index (χ4n) is 5.55. The number of hydrogen-bond acceptors (Lipinski definition) is 5. The number of allylic oxidation sites excluding steroid dienone is 1. The Morgan fingerprint density at radius 2 is 2.06 bits per heavy atom. The Balaban J connectivity index is 1.63. The number of nitrogens with zero attached hydrogens (tertiary/aromatic N) is 1. The van der Waals surface area contributed by atoms with E-state index in [1.807, 2.05) is 25.1 Å². The topological polar surface area (TPSA) is 67.9 Å². The first-order chi connectivity index (χ1) is 14.8. The number of fused-ring (bicyclic) bond motifs is 2. The summed E-state index contributed by atoms with van der Waals surface area (Å²) in [4.78, 5) is 27.9. The van der Waals surface area contributed by atoms with Crippen molar-refractivity contribution in [3.63, 3.8) is 0 Å². The second-order valence-corrected chi connectivity index (χ2v) is 9.37. The van der Waals surface area contributed by atoms with Gasteiger partial charge in [-0.25, -0.2) is 4.79 Å². The highest BCUT2D eigenvalue weighted by atomic mass is 16.5. The molecule has 5 atom stereocenters. The molecule has 3 aliphatic heterocycles. The number of carbonyl (C=O) groups excluding carboxylic acids is 2. The van der Waals surface area contributed by atoms with Crippen LogP contribution in [-0.2, 0) is 24.5 Å². The van der Waals surface area contributed by atoms with Crippen LogP contribution in [0.5, 0.6) is 0 Å². The van der Waals surface area contributed by atoms with E-state index in [9.17, 15) is 9.59 Å². The number of para-hydroxylation sites is 1. The molecule has 0 radical (unpaired) electrons. The first kappa shape index (κ1) is 21.6. The number of nitrogens with one attached hydrogen (secondary N) is 1. The van der Waals surface area contributed by atoms with Crippen molar-refractivity contribution >= 4 is 17.6 Å². The van der Waals surface area contributed by atoms with E-state index in [1.165, 1.54) is 12.7 Å². The maximum absolute atomic E-state index is 13.3. The SMILES string of the molecule is COC(=O)C1=CO[C@@H](C)[C@H](CN2CC(C=C(C)C)C3(C2)C(=O)Nc2ccccc23)[C@@H]1C. The highest BCUT2D eigenvalue weighted by molar-refractivity contribution is 6.07. The van der Waals surface area contributed by atoms with Crippen LogP contribution in [-0.4, -0.2) is 49.6 Å². The van der Waals surface area contributed by atoms with E-state index in [4.69, 9.17) is 9.47 Å². The van der Waals surface area contributed by atoms with Crippen LogP contribution in [0.3, 0.4) is 0 Å². The summed E-state index contributed by atoms with van der Waals surface area (Å²) in [5, 5.41) is 3.11. The molecule has 1 spiro atoms. The van der Waals surface area contributed by atoms with Crippen LogP contribution >= 0.6 is 0 Å². The van der Waals surface area contributed by atoms with Crippen molar-refractivity contribution in [1.29, 1.82) is 0 Å². The number of carbonyl (C=O) groups is 2. The van der Waals surface area contributed by atoms with Gasteiger partial charge < -0.3 is 19.7 Å². The summed E-state index contributed by atoms with van der Waals surface area (Å²) in [5.41, 5.74) is 3.20. The molecule has 166 valence electrons. The van der Waals surface area contributed by atoms with Gasteiger partial charge in [0.2, 0.25) is 5.91 Å². The predicted octanol–water partition coefficient (Wildman–Crippen LogP) is 3.50. The van der Waals surface area contributed by atoms with E-state index < -0.39 is 5.41 Å². The molecule has 1 aromatic carbocycles. The molecule has 2 unspecified atom stereocenters. The second kappa shape index (κ2) is 8.15. The molecule has 6 nitrogen and oxygen atoms in total. The average Bonchev–Trinajstić information content (AvgIpc) is 3.22. The molecule has 6 heteroatoms. The molecule has 0 aliphatic carbocycles. The van der Waals surface area contributed by atoms with E-state index >= 15 is 0 Å². The number of likely N-dealkylation sites (tertiary alicyclic amines) is 1. The molecular weight excluding hydrogens is 392 g/mol. The number of hydrogen-bond donors (Lipinski definition) is 1. The number of amides is 1. The Hall–Kier alpha value is -2.60. The Morgan fingerprint density at radius 3 is 2.77 bits per heavy atom. The van der Waals surface area contributed by atoms with E-state index in [0.717, 1.165) is 24.3 Å². The first-order valence-corrected chi connectivity index (χ1v) is 11.0. The molecule has 31 heavy (non-hydrogen) atoms. The Bertz CT molecular complexity index is 949. The van der Waals surface area contributed by atoms with E-state index in [1.54, 1.807) is 6.26 Å². The average molecular weight is 425 g/mol. The van der Waals surface area contributed by atoms with Gasteiger partial charge in [0, 0.05) is 37.2 Å². The van der Waals surface area contributed by atoms with E-state index in [-0.39, 0.29) is 35.7 Å². The summed E-state index contributed by atoms with van der Waals surface area (Å²) in [5.74, 6) is -0.0313. The minimum Gasteiger partial charge on any atom is -0.497 e. The number of ether oxygens (including phenoxy) is 2. The predicted molar refractivity (Wildman–Crippen MR) is 119 cm³/mol. The highest BCUT2D eigenvalue weighted by Crippen LogP contribution is 2.48. The van der Waals surface area contributed by atoms with Gasteiger partial charge in [-0.15, -0.1) is 0 Å². The molecule has 1 N–H and O–H groups in total. The van der Waals surface area contributed by atoms with E-state index in [2.05, 4.69) is 43.1 Å². The van der Waals surface area contributed by atoms with Crippen LogP contribution < -0.4 is 5.32 Å².